The van der Waals surface area contributed by atoms with Gasteiger partial charge in [-0.25, -0.2) is 0 Å². The van der Waals surface area contributed by atoms with Crippen molar-refractivity contribution in [2.75, 3.05) is 12.5 Å². The topological polar surface area (TPSA) is 23.1 Å². The van der Waals surface area contributed by atoms with Crippen LogP contribution in [0.25, 0.3) is 0 Å². The van der Waals surface area contributed by atoms with Gasteiger partial charge in [-0.2, -0.15) is 0 Å². The minimum Gasteiger partial charge on any atom is -0.854 e. The van der Waals surface area contributed by atoms with E-state index in [1.165, 1.54) is 0 Å². The minimum absolute atomic E-state index is 0. The summed E-state index contributed by atoms with van der Waals surface area (Å²) in [5.41, 5.74) is 0. The van der Waals surface area contributed by atoms with Crippen LogP contribution in [0.4, 0.5) is 0 Å². The summed E-state index contributed by atoms with van der Waals surface area (Å²) in [7, 11) is 0. The summed E-state index contributed by atoms with van der Waals surface area (Å²) in [6.45, 7) is -0.0382. The van der Waals surface area contributed by atoms with Gasteiger partial charge >= 0.3 is 18.9 Å². The Kier molecular flexibility index (Phi) is 15.4. The van der Waals surface area contributed by atoms with Crippen molar-refractivity contribution < 1.29 is 24.0 Å². The maximum Gasteiger partial charge on any atom is 1.00 e. The predicted octanol–water partition coefficient (Wildman–Crippen LogP) is -3.02. The molecule has 0 unspecified atom stereocenters. The molecule has 0 rings (SSSR count). The van der Waals surface area contributed by atoms with Crippen molar-refractivity contribution in [3.8, 4) is 0 Å². The minimum atomic E-state index is -0.0382. The van der Waals surface area contributed by atoms with Gasteiger partial charge < -0.3 is 5.11 Å². The van der Waals surface area contributed by atoms with Crippen molar-refractivity contribution in [2.24, 2.45) is 0 Å². The van der Waals surface area contributed by atoms with E-state index in [0.29, 0.717) is 12.3 Å². The van der Waals surface area contributed by atoms with Gasteiger partial charge in [0.1, 0.15) is 0 Å². The van der Waals surface area contributed by atoms with E-state index in [1.807, 2.05) is 0 Å². The Balaban J connectivity index is 0. The molecular weight excluding hydrogens is 94.4 g/mol. The van der Waals surface area contributed by atoms with E-state index in [0.717, 1.165) is 0 Å². The Hall–Kier alpha value is 0.847. The molecule has 0 bridgehead atoms. The van der Waals surface area contributed by atoms with Gasteiger partial charge in [-0.15, -0.1) is 18.2 Å². The molecule has 1 nitrogen and oxygen atoms in total. The van der Waals surface area contributed by atoms with Gasteiger partial charge in [0.05, 0.1) is 0 Å². The zero-order chi connectivity index (χ0) is 4.12. The van der Waals surface area contributed by atoms with Crippen LogP contribution in [0.1, 0.15) is 6.42 Å². The van der Waals surface area contributed by atoms with Crippen LogP contribution in [0.3, 0.4) is 0 Å². The monoisotopic (exact) mass is 100 g/mol. The second kappa shape index (κ2) is 9.28. The van der Waals surface area contributed by atoms with Crippen LogP contribution >= 0.6 is 11.6 Å². The van der Waals surface area contributed by atoms with Crippen molar-refractivity contribution in [1.82, 2.24) is 0 Å². The standard InChI is InChI=1S/C3H6ClO.Li/c4-2-1-3-5;/h1-3H2;/q-1;+1. The molecule has 0 N–H and O–H groups in total. The zero-order valence-electron chi connectivity index (χ0n) is 3.91. The second-order valence-corrected chi connectivity index (χ2v) is 1.12. The molecule has 0 aromatic rings. The van der Waals surface area contributed by atoms with Crippen molar-refractivity contribution in [2.45, 2.75) is 6.42 Å². The third-order valence-electron chi connectivity index (χ3n) is 0.278. The molecule has 0 aromatic heterocycles. The first-order chi connectivity index (χ1) is 2.41. The Bertz CT molecular complexity index is 18.3. The smallest absolute Gasteiger partial charge is 0.854 e. The van der Waals surface area contributed by atoms with E-state index < -0.39 is 0 Å². The van der Waals surface area contributed by atoms with Crippen LogP contribution in [0.2, 0.25) is 0 Å². The molecule has 0 amide bonds. The van der Waals surface area contributed by atoms with Crippen molar-refractivity contribution >= 4 is 11.6 Å². The van der Waals surface area contributed by atoms with Gasteiger partial charge in [0.2, 0.25) is 0 Å². The molecule has 0 fully saturated rings. The van der Waals surface area contributed by atoms with Crippen molar-refractivity contribution in [3.05, 3.63) is 0 Å². The van der Waals surface area contributed by atoms with Crippen molar-refractivity contribution in [3.63, 3.8) is 0 Å². The Morgan fingerprint density at radius 1 is 1.50 bits per heavy atom. The molecule has 0 radical (unpaired) electrons. The largest absolute Gasteiger partial charge is 1.00 e. The normalized spacial score (nSPS) is 7.00. The van der Waals surface area contributed by atoms with E-state index in [1.54, 1.807) is 0 Å². The number of hydrogen-bond acceptors (Lipinski definition) is 1. The fourth-order valence-electron chi connectivity index (χ4n) is 0.0546. The molecule has 0 saturated carbocycles. The summed E-state index contributed by atoms with van der Waals surface area (Å²) >= 11 is 5.10. The van der Waals surface area contributed by atoms with Gasteiger partial charge in [-0.1, -0.05) is 6.42 Å². The third kappa shape index (κ3) is 8.85. The van der Waals surface area contributed by atoms with Gasteiger partial charge in [-0.05, 0) is 0 Å². The summed E-state index contributed by atoms with van der Waals surface area (Å²) in [5, 5.41) is 9.45. The predicted molar refractivity (Wildman–Crippen MR) is 20.2 cm³/mol. The molecule has 0 atom stereocenters. The summed E-state index contributed by atoms with van der Waals surface area (Å²) in [6, 6.07) is 0. The molecule has 0 saturated heterocycles. The van der Waals surface area contributed by atoms with Crippen LogP contribution in [0.5, 0.6) is 0 Å². The summed E-state index contributed by atoms with van der Waals surface area (Å²) < 4.78 is 0. The SMILES string of the molecule is [Li+].[O-]CCCCl. The van der Waals surface area contributed by atoms with Crippen molar-refractivity contribution in [1.29, 1.82) is 0 Å². The van der Waals surface area contributed by atoms with E-state index >= 15 is 0 Å². The molecule has 6 heavy (non-hydrogen) atoms. The number of hydrogen-bond donors (Lipinski definition) is 0. The van der Waals surface area contributed by atoms with Gasteiger partial charge in [0.15, 0.2) is 0 Å². The fourth-order valence-corrected chi connectivity index (χ4v) is 0.164. The summed E-state index contributed by atoms with van der Waals surface area (Å²) in [5.74, 6) is 0.503. The zero-order valence-corrected chi connectivity index (χ0v) is 4.66. The Morgan fingerprint density at radius 3 is 2.00 bits per heavy atom. The molecular formula is C3H6ClLiO. The molecule has 3 heteroatoms. The average molecular weight is 100 g/mol. The number of alkyl halides is 1. The fraction of sp³-hybridized carbons (Fsp3) is 1.00. The van der Waals surface area contributed by atoms with Gasteiger partial charge in [0.25, 0.3) is 0 Å². The maximum absolute atomic E-state index is 9.45. The van der Waals surface area contributed by atoms with E-state index in [9.17, 15) is 5.11 Å². The molecule has 0 aromatic carbocycles. The first kappa shape index (κ1) is 9.96. The van der Waals surface area contributed by atoms with Crippen LogP contribution in [0, 0.1) is 0 Å². The first-order valence-electron chi connectivity index (χ1n) is 1.56. The molecule has 0 aliphatic rings. The Labute approximate surface area is 54.9 Å². The molecule has 0 aliphatic carbocycles. The molecule has 0 heterocycles. The third-order valence-corrected chi connectivity index (χ3v) is 0.545. The van der Waals surface area contributed by atoms with E-state index in [4.69, 9.17) is 11.6 Å². The van der Waals surface area contributed by atoms with Gasteiger partial charge in [-0.3, -0.25) is 0 Å². The molecule has 32 valence electrons. The first-order valence-corrected chi connectivity index (χ1v) is 2.09. The number of halogens is 1. The van der Waals surface area contributed by atoms with E-state index in [2.05, 4.69) is 0 Å². The average Bonchev–Trinajstić information content (AvgIpc) is 1.41. The van der Waals surface area contributed by atoms with E-state index in [-0.39, 0.29) is 25.5 Å². The molecule has 0 aliphatic heterocycles. The summed E-state index contributed by atoms with van der Waals surface area (Å²) in [4.78, 5) is 0. The quantitative estimate of drug-likeness (QED) is 0.268. The van der Waals surface area contributed by atoms with Crippen LogP contribution in [-0.4, -0.2) is 12.5 Å². The summed E-state index contributed by atoms with van der Waals surface area (Å²) in [6.07, 6.45) is 0.599. The maximum atomic E-state index is 9.45. The molecule has 0 spiro atoms. The van der Waals surface area contributed by atoms with Crippen LogP contribution < -0.4 is 24.0 Å². The Morgan fingerprint density at radius 2 is 2.00 bits per heavy atom. The van der Waals surface area contributed by atoms with Crippen LogP contribution in [0.15, 0.2) is 0 Å². The van der Waals surface area contributed by atoms with Crippen LogP contribution in [-0.2, 0) is 0 Å². The second-order valence-electron chi connectivity index (χ2n) is 0.747. The number of rotatable bonds is 2. The van der Waals surface area contributed by atoms with Gasteiger partial charge in [0, 0.05) is 5.88 Å².